The number of fused-ring (bicyclic) bond motifs is 1. The number of rotatable bonds is 5. The number of amides is 1. The summed E-state index contributed by atoms with van der Waals surface area (Å²) in [6.07, 6.45) is 0.698. The van der Waals surface area contributed by atoms with Crippen LogP contribution in [0, 0.1) is 0 Å². The van der Waals surface area contributed by atoms with Crippen LogP contribution in [0.1, 0.15) is 11.1 Å². The van der Waals surface area contributed by atoms with Gasteiger partial charge in [0.15, 0.2) is 17.5 Å². The summed E-state index contributed by atoms with van der Waals surface area (Å²) in [5, 5.41) is 0. The predicted molar refractivity (Wildman–Crippen MR) is 100 cm³/mol. The van der Waals surface area contributed by atoms with Crippen molar-refractivity contribution in [3.8, 4) is 11.5 Å². The highest BCUT2D eigenvalue weighted by molar-refractivity contribution is 5.80. The van der Waals surface area contributed by atoms with Crippen molar-refractivity contribution in [1.82, 2.24) is 4.90 Å². The minimum Gasteiger partial charge on any atom is -0.454 e. The van der Waals surface area contributed by atoms with Crippen LogP contribution in [-0.4, -0.2) is 49.8 Å². The molecule has 0 radical (unpaired) electrons. The zero-order valence-corrected chi connectivity index (χ0v) is 15.5. The molecule has 0 saturated carbocycles. The predicted octanol–water partition coefficient (Wildman–Crippen LogP) is -0.504. The van der Waals surface area contributed by atoms with Crippen molar-refractivity contribution in [1.29, 1.82) is 0 Å². The number of quaternary nitrogens is 2. The average Bonchev–Trinajstić information content (AvgIpc) is 3.16. The highest BCUT2D eigenvalue weighted by Crippen LogP contribution is 2.32. The third kappa shape index (κ3) is 4.23. The molecule has 2 aliphatic rings. The molecule has 4 rings (SSSR count). The van der Waals surface area contributed by atoms with E-state index in [2.05, 4.69) is 30.0 Å². The minimum absolute atomic E-state index is 0.168. The van der Waals surface area contributed by atoms with E-state index in [9.17, 15) is 4.79 Å². The monoisotopic (exact) mass is 369 g/mol. The van der Waals surface area contributed by atoms with E-state index < -0.39 is 0 Å². The van der Waals surface area contributed by atoms with E-state index in [-0.39, 0.29) is 11.9 Å². The first-order chi connectivity index (χ1) is 13.2. The lowest BCUT2D eigenvalue weighted by atomic mass is 10.1. The summed E-state index contributed by atoms with van der Waals surface area (Å²) in [6.45, 7) is 4.74. The van der Waals surface area contributed by atoms with E-state index >= 15 is 0 Å². The largest absolute Gasteiger partial charge is 0.454 e. The molecule has 2 aliphatic heterocycles. The lowest BCUT2D eigenvalue weighted by Crippen LogP contribution is -3.13. The van der Waals surface area contributed by atoms with Gasteiger partial charge in [0.05, 0.1) is 26.2 Å². The molecule has 2 aromatic rings. The Morgan fingerprint density at radius 1 is 1.04 bits per heavy atom. The van der Waals surface area contributed by atoms with E-state index in [4.69, 9.17) is 9.47 Å². The Labute approximate surface area is 159 Å². The Kier molecular flexibility index (Phi) is 5.27. The van der Waals surface area contributed by atoms with Crippen LogP contribution in [0.25, 0.3) is 0 Å². The van der Waals surface area contributed by atoms with Crippen LogP contribution in [0.2, 0.25) is 0 Å². The highest BCUT2D eigenvalue weighted by atomic mass is 16.7. The maximum absolute atomic E-state index is 12.7. The second kappa shape index (κ2) is 7.98. The minimum atomic E-state index is -0.220. The molecule has 27 heavy (non-hydrogen) atoms. The van der Waals surface area contributed by atoms with Crippen LogP contribution in [0.5, 0.6) is 11.5 Å². The molecule has 1 fully saturated rings. The Morgan fingerprint density at radius 2 is 1.78 bits per heavy atom. The maximum Gasteiger partial charge on any atom is 0.281 e. The zero-order chi connectivity index (χ0) is 18.6. The molecular weight excluding hydrogens is 342 g/mol. The molecule has 0 bridgehead atoms. The van der Waals surface area contributed by atoms with Crippen LogP contribution in [0.4, 0.5) is 0 Å². The van der Waals surface area contributed by atoms with E-state index in [0.717, 1.165) is 49.8 Å². The van der Waals surface area contributed by atoms with E-state index in [0.29, 0.717) is 13.2 Å². The molecule has 0 aliphatic carbocycles. The number of carbonyl (C=O) groups excluding carboxylic acids is 1. The van der Waals surface area contributed by atoms with Crippen LogP contribution in [0.15, 0.2) is 48.5 Å². The SMILES string of the molecule is [NH3+][C@H](Cc1ccccc1)C(=O)N1CC[NH+](Cc2ccc3c(c2)OCO3)CC1. The quantitative estimate of drug-likeness (QED) is 0.746. The molecule has 1 amide bonds. The molecule has 6 heteroatoms. The molecule has 6 nitrogen and oxygen atoms in total. The van der Waals surface area contributed by atoms with Gasteiger partial charge in [-0.1, -0.05) is 30.3 Å². The number of hydrogen-bond donors (Lipinski definition) is 2. The van der Waals surface area contributed by atoms with E-state index in [1.807, 2.05) is 29.2 Å². The molecule has 0 spiro atoms. The van der Waals surface area contributed by atoms with Gasteiger partial charge in [-0.3, -0.25) is 4.79 Å². The first-order valence-electron chi connectivity index (χ1n) is 9.57. The van der Waals surface area contributed by atoms with Crippen molar-refractivity contribution in [3.63, 3.8) is 0 Å². The van der Waals surface area contributed by atoms with Gasteiger partial charge in [0.2, 0.25) is 6.79 Å². The molecule has 1 atom stereocenters. The van der Waals surface area contributed by atoms with Gasteiger partial charge in [-0.25, -0.2) is 0 Å². The van der Waals surface area contributed by atoms with Gasteiger partial charge in [0, 0.05) is 12.0 Å². The van der Waals surface area contributed by atoms with Crippen LogP contribution >= 0.6 is 0 Å². The van der Waals surface area contributed by atoms with Gasteiger partial charge in [-0.15, -0.1) is 0 Å². The van der Waals surface area contributed by atoms with Gasteiger partial charge < -0.3 is 25.0 Å². The zero-order valence-electron chi connectivity index (χ0n) is 15.5. The fourth-order valence-corrected chi connectivity index (χ4v) is 3.80. The summed E-state index contributed by atoms with van der Waals surface area (Å²) in [6, 6.07) is 16.0. The van der Waals surface area contributed by atoms with Crippen molar-refractivity contribution in [2.75, 3.05) is 33.0 Å². The summed E-state index contributed by atoms with van der Waals surface area (Å²) in [5.74, 6) is 1.83. The summed E-state index contributed by atoms with van der Waals surface area (Å²) >= 11 is 0. The summed E-state index contributed by atoms with van der Waals surface area (Å²) in [7, 11) is 0. The number of ether oxygens (including phenoxy) is 2. The fraction of sp³-hybridized carbons (Fsp3) is 0.381. The lowest BCUT2D eigenvalue weighted by Gasteiger charge is -2.33. The van der Waals surface area contributed by atoms with Crippen LogP contribution < -0.4 is 20.1 Å². The first-order valence-corrected chi connectivity index (χ1v) is 9.57. The number of piperazine rings is 1. The molecule has 2 aromatic carbocycles. The Balaban J connectivity index is 1.27. The first kappa shape index (κ1) is 17.8. The molecule has 1 saturated heterocycles. The molecule has 4 N–H and O–H groups in total. The smallest absolute Gasteiger partial charge is 0.281 e. The maximum atomic E-state index is 12.7. The van der Waals surface area contributed by atoms with Crippen molar-refractivity contribution in [3.05, 3.63) is 59.7 Å². The molecule has 0 unspecified atom stereocenters. The van der Waals surface area contributed by atoms with E-state index in [1.165, 1.54) is 10.5 Å². The van der Waals surface area contributed by atoms with Crippen LogP contribution in [-0.2, 0) is 17.8 Å². The topological polar surface area (TPSA) is 70.9 Å². The third-order valence-electron chi connectivity index (χ3n) is 5.35. The number of hydrogen-bond acceptors (Lipinski definition) is 3. The summed E-state index contributed by atoms with van der Waals surface area (Å²) in [4.78, 5) is 16.2. The Hall–Kier alpha value is -2.57. The fourth-order valence-electron chi connectivity index (χ4n) is 3.80. The van der Waals surface area contributed by atoms with Crippen molar-refractivity contribution < 1.29 is 24.9 Å². The third-order valence-corrected chi connectivity index (χ3v) is 5.35. The van der Waals surface area contributed by atoms with Gasteiger partial charge in [0.25, 0.3) is 5.91 Å². The lowest BCUT2D eigenvalue weighted by molar-refractivity contribution is -0.917. The summed E-state index contributed by atoms with van der Waals surface area (Å²) < 4.78 is 10.8. The highest BCUT2D eigenvalue weighted by Gasteiger charge is 2.29. The Bertz CT molecular complexity index is 789. The summed E-state index contributed by atoms with van der Waals surface area (Å²) in [5.41, 5.74) is 6.51. The van der Waals surface area contributed by atoms with Crippen LogP contribution in [0.3, 0.4) is 0 Å². The molecular formula is C21H27N3O3+2. The Morgan fingerprint density at radius 3 is 2.56 bits per heavy atom. The number of benzene rings is 2. The number of nitrogens with zero attached hydrogens (tertiary/aromatic N) is 1. The second-order valence-electron chi connectivity index (χ2n) is 7.33. The van der Waals surface area contributed by atoms with E-state index in [1.54, 1.807) is 0 Å². The normalized spacial score (nSPS) is 17.7. The van der Waals surface area contributed by atoms with Crippen molar-refractivity contribution in [2.45, 2.75) is 19.0 Å². The number of carbonyl (C=O) groups is 1. The van der Waals surface area contributed by atoms with Gasteiger partial charge in [-0.2, -0.15) is 0 Å². The van der Waals surface area contributed by atoms with Crippen molar-refractivity contribution in [2.24, 2.45) is 0 Å². The standard InChI is InChI=1S/C21H25N3O3/c22-18(12-16-4-2-1-3-5-16)21(25)24-10-8-23(9-11-24)14-17-6-7-19-20(13-17)27-15-26-19/h1-7,13,18H,8-12,14-15,22H2/p+2/t18-/m1/s1. The van der Waals surface area contributed by atoms with Gasteiger partial charge in [0.1, 0.15) is 6.54 Å². The van der Waals surface area contributed by atoms with Gasteiger partial charge >= 0.3 is 0 Å². The van der Waals surface area contributed by atoms with Gasteiger partial charge in [-0.05, 0) is 23.8 Å². The number of nitrogens with one attached hydrogen (secondary N) is 1. The second-order valence-corrected chi connectivity index (χ2v) is 7.33. The molecule has 142 valence electrons. The molecule has 0 aromatic heterocycles. The molecule has 2 heterocycles. The van der Waals surface area contributed by atoms with Crippen molar-refractivity contribution >= 4 is 5.91 Å². The average molecular weight is 369 g/mol.